The molecule has 0 aliphatic carbocycles. The highest BCUT2D eigenvalue weighted by atomic mass is 19.1. The van der Waals surface area contributed by atoms with Gasteiger partial charge in [-0.25, -0.2) is 4.39 Å². The van der Waals surface area contributed by atoms with E-state index in [0.29, 0.717) is 25.5 Å². The highest BCUT2D eigenvalue weighted by Gasteiger charge is 2.29. The van der Waals surface area contributed by atoms with Crippen LogP contribution >= 0.6 is 0 Å². The van der Waals surface area contributed by atoms with Gasteiger partial charge < -0.3 is 20.5 Å². The molecule has 0 bridgehead atoms. The topological polar surface area (TPSA) is 72.5 Å². The number of hydrogen-bond donors (Lipinski definition) is 3. The molecule has 0 radical (unpaired) electrons. The summed E-state index contributed by atoms with van der Waals surface area (Å²) in [7, 11) is 1.74. The van der Waals surface area contributed by atoms with Crippen molar-refractivity contribution in [3.63, 3.8) is 0 Å². The molecule has 1 amide bonds. The summed E-state index contributed by atoms with van der Waals surface area (Å²) >= 11 is 0. The second-order valence-electron chi connectivity index (χ2n) is 8.28. The zero-order valence-corrected chi connectivity index (χ0v) is 18.4. The fourth-order valence-corrected chi connectivity index (χ4v) is 4.25. The first-order valence-electron chi connectivity index (χ1n) is 11.1. The number of guanidine groups is 1. The highest BCUT2D eigenvalue weighted by molar-refractivity contribution is 5.83. The number of fused-ring (bicyclic) bond motifs is 1. The summed E-state index contributed by atoms with van der Waals surface area (Å²) in [5.74, 6) is 0.981. The first kappa shape index (κ1) is 21.9. The molecule has 1 aliphatic heterocycles. The Bertz CT molecular complexity index is 1080. The smallest absolute Gasteiger partial charge is 0.223 e. The average molecular weight is 436 g/mol. The molecular weight excluding hydrogens is 405 g/mol. The quantitative estimate of drug-likeness (QED) is 0.376. The standard InChI is InChI=1S/C25H30FN5O/c1-27-25(28-11-9-20-16-29-23-8-7-21(26)14-22(20)23)30-15-19-13-24(32)31(17-19)12-10-18-5-3-2-4-6-18/h2-8,14,16,19,29H,9-13,15,17H2,1H3,(H2,27,28,30). The Hall–Kier alpha value is -3.35. The van der Waals surface area contributed by atoms with E-state index in [-0.39, 0.29) is 17.6 Å². The van der Waals surface area contributed by atoms with Gasteiger partial charge in [0.05, 0.1) is 0 Å². The molecule has 0 saturated carbocycles. The molecule has 1 aromatic heterocycles. The largest absolute Gasteiger partial charge is 0.361 e. The minimum atomic E-state index is -0.229. The number of aromatic amines is 1. The third-order valence-corrected chi connectivity index (χ3v) is 6.01. The SMILES string of the molecule is CN=C(NCCc1c[nH]c2ccc(F)cc12)NCC1CC(=O)N(CCc2ccccc2)C1. The first-order valence-corrected chi connectivity index (χ1v) is 11.1. The van der Waals surface area contributed by atoms with E-state index >= 15 is 0 Å². The number of benzene rings is 2. The van der Waals surface area contributed by atoms with E-state index in [0.717, 1.165) is 42.4 Å². The molecule has 1 fully saturated rings. The summed E-state index contributed by atoms with van der Waals surface area (Å²) in [5, 5.41) is 7.57. The van der Waals surface area contributed by atoms with Crippen LogP contribution in [0.15, 0.2) is 59.7 Å². The molecule has 0 spiro atoms. The maximum absolute atomic E-state index is 13.6. The van der Waals surface area contributed by atoms with Crippen LogP contribution in [0.5, 0.6) is 0 Å². The zero-order valence-electron chi connectivity index (χ0n) is 18.4. The Morgan fingerprint density at radius 3 is 2.84 bits per heavy atom. The van der Waals surface area contributed by atoms with Gasteiger partial charge in [0.1, 0.15) is 5.82 Å². The van der Waals surface area contributed by atoms with Crippen LogP contribution in [0.4, 0.5) is 4.39 Å². The predicted octanol–water partition coefficient (Wildman–Crippen LogP) is 3.11. The number of likely N-dealkylation sites (tertiary alicyclic amines) is 1. The predicted molar refractivity (Wildman–Crippen MR) is 126 cm³/mol. The van der Waals surface area contributed by atoms with Crippen LogP contribution in [-0.2, 0) is 17.6 Å². The van der Waals surface area contributed by atoms with E-state index in [1.807, 2.05) is 29.3 Å². The lowest BCUT2D eigenvalue weighted by Crippen LogP contribution is -2.41. The van der Waals surface area contributed by atoms with Crippen molar-refractivity contribution in [3.05, 3.63) is 71.7 Å². The number of aliphatic imine (C=N–C) groups is 1. The number of carbonyl (C=O) groups excluding carboxylic acids is 1. The number of nitrogens with one attached hydrogen (secondary N) is 3. The number of halogens is 1. The summed E-state index contributed by atoms with van der Waals surface area (Å²) in [4.78, 5) is 21.8. The second-order valence-corrected chi connectivity index (χ2v) is 8.28. The van der Waals surface area contributed by atoms with Gasteiger partial charge in [0, 0.05) is 62.7 Å². The lowest BCUT2D eigenvalue weighted by atomic mass is 10.1. The van der Waals surface area contributed by atoms with E-state index in [1.54, 1.807) is 19.2 Å². The van der Waals surface area contributed by atoms with Gasteiger partial charge in [-0.3, -0.25) is 9.79 Å². The minimum absolute atomic E-state index is 0.224. The van der Waals surface area contributed by atoms with Gasteiger partial charge in [-0.1, -0.05) is 30.3 Å². The maximum Gasteiger partial charge on any atom is 0.223 e. The molecule has 7 heteroatoms. The molecule has 32 heavy (non-hydrogen) atoms. The van der Waals surface area contributed by atoms with Crippen LogP contribution in [-0.4, -0.2) is 55.0 Å². The number of aromatic nitrogens is 1. The highest BCUT2D eigenvalue weighted by Crippen LogP contribution is 2.20. The Morgan fingerprint density at radius 2 is 2.03 bits per heavy atom. The van der Waals surface area contributed by atoms with E-state index in [2.05, 4.69) is 32.7 Å². The molecule has 3 N–H and O–H groups in total. The molecule has 168 valence electrons. The van der Waals surface area contributed by atoms with Crippen molar-refractivity contribution in [2.24, 2.45) is 10.9 Å². The summed E-state index contributed by atoms with van der Waals surface area (Å²) < 4.78 is 13.6. The molecule has 2 aromatic carbocycles. The molecule has 1 atom stereocenters. The Labute approximate surface area is 187 Å². The van der Waals surface area contributed by atoms with Gasteiger partial charge in [-0.15, -0.1) is 0 Å². The van der Waals surface area contributed by atoms with Gasteiger partial charge in [-0.2, -0.15) is 0 Å². The molecule has 2 heterocycles. The number of hydrogen-bond acceptors (Lipinski definition) is 2. The lowest BCUT2D eigenvalue weighted by molar-refractivity contribution is -0.127. The zero-order chi connectivity index (χ0) is 22.3. The lowest BCUT2D eigenvalue weighted by Gasteiger charge is -2.18. The number of rotatable bonds is 8. The fraction of sp³-hybridized carbons (Fsp3) is 0.360. The normalized spacial score (nSPS) is 16.7. The number of amides is 1. The van der Waals surface area contributed by atoms with E-state index in [4.69, 9.17) is 0 Å². The molecular formula is C25H30FN5O. The number of carbonyl (C=O) groups is 1. The van der Waals surface area contributed by atoms with Crippen LogP contribution in [0.25, 0.3) is 10.9 Å². The maximum atomic E-state index is 13.6. The first-order chi connectivity index (χ1) is 15.6. The summed E-state index contributed by atoms with van der Waals surface area (Å²) in [5.41, 5.74) is 3.26. The number of H-pyrrole nitrogens is 1. The van der Waals surface area contributed by atoms with Crippen LogP contribution in [0.3, 0.4) is 0 Å². The van der Waals surface area contributed by atoms with Gasteiger partial charge in [0.2, 0.25) is 5.91 Å². The van der Waals surface area contributed by atoms with Crippen molar-refractivity contribution in [3.8, 4) is 0 Å². The van der Waals surface area contributed by atoms with Gasteiger partial charge in [-0.05, 0) is 42.2 Å². The molecule has 1 aliphatic rings. The fourth-order valence-electron chi connectivity index (χ4n) is 4.25. The molecule has 1 saturated heterocycles. The average Bonchev–Trinajstić information content (AvgIpc) is 3.37. The number of nitrogens with zero attached hydrogens (tertiary/aromatic N) is 2. The third kappa shape index (κ3) is 5.46. The van der Waals surface area contributed by atoms with Crippen LogP contribution in [0.1, 0.15) is 17.5 Å². The van der Waals surface area contributed by atoms with Gasteiger partial charge in [0.15, 0.2) is 5.96 Å². The van der Waals surface area contributed by atoms with E-state index in [1.165, 1.54) is 11.6 Å². The Kier molecular flexibility index (Phi) is 7.04. The Morgan fingerprint density at radius 1 is 1.19 bits per heavy atom. The summed E-state index contributed by atoms with van der Waals surface area (Å²) in [6, 6.07) is 15.1. The van der Waals surface area contributed by atoms with Crippen molar-refractivity contribution in [2.75, 3.05) is 33.2 Å². The van der Waals surface area contributed by atoms with Gasteiger partial charge >= 0.3 is 0 Å². The van der Waals surface area contributed by atoms with Crippen LogP contribution < -0.4 is 10.6 Å². The monoisotopic (exact) mass is 435 g/mol. The minimum Gasteiger partial charge on any atom is -0.361 e. The molecule has 4 rings (SSSR count). The van der Waals surface area contributed by atoms with Crippen molar-refractivity contribution in [1.29, 1.82) is 0 Å². The summed E-state index contributed by atoms with van der Waals surface area (Å²) in [6.07, 6.45) is 4.13. The van der Waals surface area contributed by atoms with Crippen molar-refractivity contribution >= 4 is 22.8 Å². The third-order valence-electron chi connectivity index (χ3n) is 6.01. The van der Waals surface area contributed by atoms with Crippen LogP contribution in [0, 0.1) is 11.7 Å². The van der Waals surface area contributed by atoms with Crippen molar-refractivity contribution < 1.29 is 9.18 Å². The van der Waals surface area contributed by atoms with Crippen molar-refractivity contribution in [1.82, 2.24) is 20.5 Å². The second kappa shape index (κ2) is 10.3. The van der Waals surface area contributed by atoms with E-state index in [9.17, 15) is 9.18 Å². The van der Waals surface area contributed by atoms with E-state index < -0.39 is 0 Å². The Balaban J connectivity index is 1.20. The molecule has 6 nitrogen and oxygen atoms in total. The summed E-state index contributed by atoms with van der Waals surface area (Å²) in [6.45, 7) is 2.91. The van der Waals surface area contributed by atoms with Gasteiger partial charge in [0.25, 0.3) is 0 Å². The molecule has 1 unspecified atom stereocenters. The van der Waals surface area contributed by atoms with Crippen LogP contribution in [0.2, 0.25) is 0 Å². The van der Waals surface area contributed by atoms with Crippen molar-refractivity contribution in [2.45, 2.75) is 19.3 Å². The molecule has 3 aromatic rings.